The van der Waals surface area contributed by atoms with E-state index in [0.717, 1.165) is 17.7 Å². The zero-order valence-corrected chi connectivity index (χ0v) is 15.4. The van der Waals surface area contributed by atoms with E-state index in [-0.39, 0.29) is 11.8 Å². The van der Waals surface area contributed by atoms with E-state index >= 15 is 0 Å². The number of carbonyl (C=O) groups excluding carboxylic acids is 2. The van der Waals surface area contributed by atoms with Crippen LogP contribution in [0.15, 0.2) is 42.5 Å². The molecule has 2 aromatic rings. The van der Waals surface area contributed by atoms with Gasteiger partial charge in [-0.05, 0) is 36.2 Å². The number of amides is 2. The van der Waals surface area contributed by atoms with E-state index in [0.29, 0.717) is 22.8 Å². The lowest BCUT2D eigenvalue weighted by Gasteiger charge is -2.26. The second-order valence-electron chi connectivity index (χ2n) is 7.23. The first kappa shape index (κ1) is 17.5. The highest BCUT2D eigenvalue weighted by Gasteiger charge is 2.32. The van der Waals surface area contributed by atoms with Gasteiger partial charge < -0.3 is 10.2 Å². The molecule has 0 unspecified atom stereocenters. The van der Waals surface area contributed by atoms with Crippen molar-refractivity contribution >= 4 is 34.8 Å². The number of nitrogens with zero attached hydrogens (tertiary/aromatic N) is 1. The lowest BCUT2D eigenvalue weighted by molar-refractivity contribution is -0.125. The van der Waals surface area contributed by atoms with Crippen molar-refractivity contribution in [1.29, 1.82) is 0 Å². The smallest absolute Gasteiger partial charge is 0.257 e. The molecule has 0 spiro atoms. The molecule has 1 N–H and O–H groups in total. The Morgan fingerprint density at radius 2 is 1.84 bits per heavy atom. The SMILES string of the molecule is CC(C)(C)C(=O)N1CCc2ccc(NC(=O)c3ccccc3Cl)cc21. The van der Waals surface area contributed by atoms with E-state index < -0.39 is 5.41 Å². The normalized spacial score (nSPS) is 13.5. The maximum absolute atomic E-state index is 12.7. The Labute approximate surface area is 152 Å². The number of fused-ring (bicyclic) bond motifs is 1. The van der Waals surface area contributed by atoms with Crippen molar-refractivity contribution in [2.24, 2.45) is 5.41 Å². The summed E-state index contributed by atoms with van der Waals surface area (Å²) in [5.41, 5.74) is 2.62. The molecule has 5 heteroatoms. The fourth-order valence-electron chi connectivity index (χ4n) is 2.92. The van der Waals surface area contributed by atoms with Gasteiger partial charge in [0.15, 0.2) is 0 Å². The number of rotatable bonds is 2. The van der Waals surface area contributed by atoms with Gasteiger partial charge in [0.05, 0.1) is 10.6 Å². The van der Waals surface area contributed by atoms with Crippen LogP contribution in [-0.4, -0.2) is 18.4 Å². The molecule has 1 aliphatic heterocycles. The van der Waals surface area contributed by atoms with E-state index in [4.69, 9.17) is 11.6 Å². The third kappa shape index (κ3) is 3.54. The van der Waals surface area contributed by atoms with Gasteiger partial charge in [-0.1, -0.05) is 50.6 Å². The van der Waals surface area contributed by atoms with E-state index in [2.05, 4.69) is 5.32 Å². The molecule has 2 amide bonds. The summed E-state index contributed by atoms with van der Waals surface area (Å²) in [6, 6.07) is 12.6. The van der Waals surface area contributed by atoms with Gasteiger partial charge >= 0.3 is 0 Å². The Hall–Kier alpha value is -2.33. The zero-order chi connectivity index (χ0) is 18.2. The molecule has 0 aliphatic carbocycles. The van der Waals surface area contributed by atoms with E-state index in [1.54, 1.807) is 29.2 Å². The fraction of sp³-hybridized carbons (Fsp3) is 0.300. The van der Waals surface area contributed by atoms with Gasteiger partial charge in [-0.2, -0.15) is 0 Å². The number of nitrogens with one attached hydrogen (secondary N) is 1. The Kier molecular flexibility index (Phi) is 4.56. The maximum atomic E-state index is 12.7. The summed E-state index contributed by atoms with van der Waals surface area (Å²) < 4.78 is 0. The van der Waals surface area contributed by atoms with Gasteiger partial charge in [-0.3, -0.25) is 9.59 Å². The van der Waals surface area contributed by atoms with Crippen LogP contribution in [0.2, 0.25) is 5.02 Å². The van der Waals surface area contributed by atoms with Crippen molar-refractivity contribution < 1.29 is 9.59 Å². The number of carbonyl (C=O) groups is 2. The Balaban J connectivity index is 1.85. The second kappa shape index (κ2) is 6.52. The van der Waals surface area contributed by atoms with E-state index in [1.807, 2.05) is 39.0 Å². The van der Waals surface area contributed by atoms with Crippen LogP contribution in [0.25, 0.3) is 0 Å². The highest BCUT2D eigenvalue weighted by molar-refractivity contribution is 6.34. The highest BCUT2D eigenvalue weighted by Crippen LogP contribution is 2.34. The van der Waals surface area contributed by atoms with Crippen LogP contribution in [0.4, 0.5) is 11.4 Å². The number of hydrogen-bond acceptors (Lipinski definition) is 2. The monoisotopic (exact) mass is 356 g/mol. The predicted octanol–water partition coefficient (Wildman–Crippen LogP) is 4.53. The summed E-state index contributed by atoms with van der Waals surface area (Å²) in [7, 11) is 0. The molecule has 4 nitrogen and oxygen atoms in total. The molecule has 0 aromatic heterocycles. The van der Waals surface area contributed by atoms with E-state index in [1.165, 1.54) is 0 Å². The minimum atomic E-state index is -0.446. The van der Waals surface area contributed by atoms with Crippen molar-refractivity contribution in [3.05, 3.63) is 58.6 Å². The standard InChI is InChI=1S/C20H21ClN2O2/c1-20(2,3)19(25)23-11-10-13-8-9-14(12-17(13)23)22-18(24)15-6-4-5-7-16(15)21/h4-9,12H,10-11H2,1-3H3,(H,22,24). The van der Waals surface area contributed by atoms with Gasteiger partial charge in [0, 0.05) is 23.3 Å². The summed E-state index contributed by atoms with van der Waals surface area (Å²) in [5, 5.41) is 3.27. The second-order valence-corrected chi connectivity index (χ2v) is 7.64. The Morgan fingerprint density at radius 1 is 1.12 bits per heavy atom. The first-order chi connectivity index (χ1) is 11.8. The molecule has 0 bridgehead atoms. The fourth-order valence-corrected chi connectivity index (χ4v) is 3.14. The zero-order valence-electron chi connectivity index (χ0n) is 14.6. The first-order valence-corrected chi connectivity index (χ1v) is 8.66. The van der Waals surface area contributed by atoms with Gasteiger partial charge in [-0.25, -0.2) is 0 Å². The molecule has 0 fully saturated rings. The summed E-state index contributed by atoms with van der Waals surface area (Å²) in [6.45, 7) is 6.41. The number of benzene rings is 2. The largest absolute Gasteiger partial charge is 0.322 e. The molecule has 3 rings (SSSR count). The summed E-state index contributed by atoms with van der Waals surface area (Å²) in [6.07, 6.45) is 0.829. The first-order valence-electron chi connectivity index (χ1n) is 8.28. The van der Waals surface area contributed by atoms with Crippen molar-refractivity contribution in [2.45, 2.75) is 27.2 Å². The van der Waals surface area contributed by atoms with E-state index in [9.17, 15) is 9.59 Å². The lowest BCUT2D eigenvalue weighted by Crippen LogP contribution is -2.38. The highest BCUT2D eigenvalue weighted by atomic mass is 35.5. The molecule has 130 valence electrons. The van der Waals surface area contributed by atoms with Crippen molar-refractivity contribution in [3.63, 3.8) is 0 Å². The van der Waals surface area contributed by atoms with Crippen LogP contribution >= 0.6 is 11.6 Å². The molecule has 1 heterocycles. The average Bonchev–Trinajstić information content (AvgIpc) is 2.96. The molecular weight excluding hydrogens is 336 g/mol. The van der Waals surface area contributed by atoms with Crippen LogP contribution in [0, 0.1) is 5.41 Å². The minimum Gasteiger partial charge on any atom is -0.322 e. The van der Waals surface area contributed by atoms with Crippen LogP contribution in [0.1, 0.15) is 36.7 Å². The quantitative estimate of drug-likeness (QED) is 0.859. The van der Waals surface area contributed by atoms with Crippen LogP contribution in [0.5, 0.6) is 0 Å². The van der Waals surface area contributed by atoms with Crippen LogP contribution in [0.3, 0.4) is 0 Å². The predicted molar refractivity (Wildman–Crippen MR) is 101 cm³/mol. The third-order valence-corrected chi connectivity index (χ3v) is 4.57. The molecule has 1 aliphatic rings. The van der Waals surface area contributed by atoms with Gasteiger partial charge in [0.1, 0.15) is 0 Å². The van der Waals surface area contributed by atoms with Gasteiger partial charge in [0.2, 0.25) is 5.91 Å². The molecule has 2 aromatic carbocycles. The Morgan fingerprint density at radius 3 is 2.52 bits per heavy atom. The van der Waals surface area contributed by atoms with Gasteiger partial charge in [-0.15, -0.1) is 0 Å². The van der Waals surface area contributed by atoms with Crippen LogP contribution in [-0.2, 0) is 11.2 Å². The molecule has 0 saturated heterocycles. The number of hydrogen-bond donors (Lipinski definition) is 1. The lowest BCUT2D eigenvalue weighted by atomic mass is 9.94. The van der Waals surface area contributed by atoms with Gasteiger partial charge in [0.25, 0.3) is 5.91 Å². The summed E-state index contributed by atoms with van der Waals surface area (Å²) >= 11 is 6.08. The summed E-state index contributed by atoms with van der Waals surface area (Å²) in [5.74, 6) is -0.182. The van der Waals surface area contributed by atoms with Crippen molar-refractivity contribution in [2.75, 3.05) is 16.8 Å². The molecule has 25 heavy (non-hydrogen) atoms. The van der Waals surface area contributed by atoms with Crippen molar-refractivity contribution in [1.82, 2.24) is 0 Å². The Bertz CT molecular complexity index is 840. The third-order valence-electron chi connectivity index (χ3n) is 4.24. The molecule has 0 atom stereocenters. The molecule has 0 saturated carbocycles. The topological polar surface area (TPSA) is 49.4 Å². The molecule has 0 radical (unpaired) electrons. The molecular formula is C20H21ClN2O2. The minimum absolute atomic E-state index is 0.0841. The van der Waals surface area contributed by atoms with Crippen molar-refractivity contribution in [3.8, 4) is 0 Å². The number of halogens is 1. The van der Waals surface area contributed by atoms with Crippen LogP contribution < -0.4 is 10.2 Å². The number of anilines is 2. The maximum Gasteiger partial charge on any atom is 0.257 e. The summed E-state index contributed by atoms with van der Waals surface area (Å²) in [4.78, 5) is 26.9. The average molecular weight is 357 g/mol.